The Morgan fingerprint density at radius 3 is 2.95 bits per heavy atom. The Balaban J connectivity index is 1.94. The van der Waals surface area contributed by atoms with Crippen molar-refractivity contribution in [2.45, 2.75) is 38.8 Å². The van der Waals surface area contributed by atoms with Gasteiger partial charge in [-0.2, -0.15) is 0 Å². The highest BCUT2D eigenvalue weighted by Crippen LogP contribution is 2.37. The van der Waals surface area contributed by atoms with Crippen LogP contribution < -0.4 is 5.32 Å². The number of fused-ring (bicyclic) bond motifs is 1. The molecule has 3 rings (SSSR count). The molecule has 3 atom stereocenters. The molecule has 1 aromatic heterocycles. The lowest BCUT2D eigenvalue weighted by molar-refractivity contribution is 0.0752. The summed E-state index contributed by atoms with van der Waals surface area (Å²) in [4.78, 5) is 0. The molecule has 1 fully saturated rings. The second-order valence-electron chi connectivity index (χ2n) is 5.64. The highest BCUT2D eigenvalue weighted by molar-refractivity contribution is 5.78. The van der Waals surface area contributed by atoms with Gasteiger partial charge >= 0.3 is 0 Å². The number of halogens is 1. The minimum atomic E-state index is -0.231. The van der Waals surface area contributed by atoms with Gasteiger partial charge in [0, 0.05) is 17.9 Å². The summed E-state index contributed by atoms with van der Waals surface area (Å²) >= 11 is 0. The minimum absolute atomic E-state index is 0.123. The summed E-state index contributed by atoms with van der Waals surface area (Å²) in [6.45, 7) is 5.91. The third-order valence-corrected chi connectivity index (χ3v) is 4.32. The van der Waals surface area contributed by atoms with Gasteiger partial charge in [-0.15, -0.1) is 0 Å². The molecule has 4 heteroatoms. The normalized spacial score (nSPS) is 23.8. The van der Waals surface area contributed by atoms with Gasteiger partial charge in [0.05, 0.1) is 12.1 Å². The van der Waals surface area contributed by atoms with Crippen molar-refractivity contribution in [3.8, 4) is 0 Å². The topological polar surface area (TPSA) is 34.4 Å². The molecule has 21 heavy (non-hydrogen) atoms. The molecule has 1 N–H and O–H groups in total. The van der Waals surface area contributed by atoms with Gasteiger partial charge in [-0.1, -0.05) is 13.8 Å². The van der Waals surface area contributed by atoms with Crippen LogP contribution in [0.1, 0.15) is 38.5 Å². The maximum atomic E-state index is 13.3. The summed E-state index contributed by atoms with van der Waals surface area (Å²) in [5, 5.41) is 4.33. The largest absolute Gasteiger partial charge is 0.459 e. The molecule has 0 saturated carbocycles. The second kappa shape index (κ2) is 6.16. The molecule has 114 valence electrons. The van der Waals surface area contributed by atoms with Gasteiger partial charge in [0.2, 0.25) is 0 Å². The van der Waals surface area contributed by atoms with Crippen LogP contribution in [-0.4, -0.2) is 19.3 Å². The predicted molar refractivity (Wildman–Crippen MR) is 80.7 cm³/mol. The average molecular weight is 291 g/mol. The predicted octanol–water partition coefficient (Wildman–Crippen LogP) is 4.04. The molecular weight excluding hydrogens is 269 g/mol. The summed E-state index contributed by atoms with van der Waals surface area (Å²) < 4.78 is 25.1. The number of furan rings is 1. The van der Waals surface area contributed by atoms with Crippen molar-refractivity contribution in [2.24, 2.45) is 5.92 Å². The molecule has 2 aromatic rings. The van der Waals surface area contributed by atoms with Crippen LogP contribution in [0.5, 0.6) is 0 Å². The second-order valence-corrected chi connectivity index (χ2v) is 5.64. The molecule has 3 nitrogen and oxygen atoms in total. The van der Waals surface area contributed by atoms with Crippen LogP contribution in [0.4, 0.5) is 4.39 Å². The van der Waals surface area contributed by atoms with Crippen LogP contribution >= 0.6 is 0 Å². The Morgan fingerprint density at radius 1 is 1.33 bits per heavy atom. The van der Waals surface area contributed by atoms with Crippen molar-refractivity contribution in [3.63, 3.8) is 0 Å². The van der Waals surface area contributed by atoms with Gasteiger partial charge in [0.15, 0.2) is 0 Å². The van der Waals surface area contributed by atoms with Crippen LogP contribution in [0.25, 0.3) is 11.0 Å². The van der Waals surface area contributed by atoms with Crippen molar-refractivity contribution in [1.29, 1.82) is 0 Å². The van der Waals surface area contributed by atoms with E-state index in [-0.39, 0.29) is 18.0 Å². The van der Waals surface area contributed by atoms with Crippen LogP contribution in [0.2, 0.25) is 0 Å². The van der Waals surface area contributed by atoms with E-state index in [4.69, 9.17) is 9.15 Å². The molecule has 1 aromatic carbocycles. The average Bonchev–Trinajstić information content (AvgIpc) is 3.10. The number of hydrogen-bond donors (Lipinski definition) is 1. The molecular formula is C17H22FNO2. The minimum Gasteiger partial charge on any atom is -0.459 e. The molecule has 0 bridgehead atoms. The first kappa shape index (κ1) is 14.5. The van der Waals surface area contributed by atoms with E-state index in [0.717, 1.165) is 42.7 Å². The number of hydrogen-bond acceptors (Lipinski definition) is 3. The van der Waals surface area contributed by atoms with Gasteiger partial charge in [0.1, 0.15) is 17.2 Å². The molecule has 1 aliphatic heterocycles. The summed E-state index contributed by atoms with van der Waals surface area (Å²) in [5.74, 6) is 1.05. The van der Waals surface area contributed by atoms with E-state index in [2.05, 4.69) is 19.2 Å². The number of benzene rings is 1. The summed E-state index contributed by atoms with van der Waals surface area (Å²) in [5.41, 5.74) is 0.737. The maximum absolute atomic E-state index is 13.3. The van der Waals surface area contributed by atoms with E-state index in [0.29, 0.717) is 5.92 Å². The molecule has 3 unspecified atom stereocenters. The van der Waals surface area contributed by atoms with E-state index in [1.807, 2.05) is 6.07 Å². The Hall–Kier alpha value is -1.39. The fraction of sp³-hybridized carbons (Fsp3) is 0.529. The lowest BCUT2D eigenvalue weighted by Gasteiger charge is -2.26. The van der Waals surface area contributed by atoms with E-state index in [9.17, 15) is 4.39 Å². The van der Waals surface area contributed by atoms with Gasteiger partial charge in [0.25, 0.3) is 0 Å². The standard InChI is InChI=1S/C17H22FNO2/c1-3-14-13(7-8-20-14)17(19-4-2)16-10-11-9-12(18)5-6-15(11)21-16/h5-6,9-10,13-14,17,19H,3-4,7-8H2,1-2H3. The Labute approximate surface area is 124 Å². The zero-order valence-electron chi connectivity index (χ0n) is 12.6. The van der Waals surface area contributed by atoms with E-state index < -0.39 is 0 Å². The lowest BCUT2D eigenvalue weighted by Crippen LogP contribution is -2.32. The van der Waals surface area contributed by atoms with Gasteiger partial charge in [-0.05, 0) is 43.7 Å². The lowest BCUT2D eigenvalue weighted by atomic mass is 9.89. The highest BCUT2D eigenvalue weighted by atomic mass is 19.1. The molecule has 2 heterocycles. The first-order valence-electron chi connectivity index (χ1n) is 7.77. The molecule has 1 saturated heterocycles. The third kappa shape index (κ3) is 2.83. The first-order chi connectivity index (χ1) is 10.2. The van der Waals surface area contributed by atoms with Crippen molar-refractivity contribution in [3.05, 3.63) is 35.8 Å². The zero-order chi connectivity index (χ0) is 14.8. The molecule has 0 amide bonds. The fourth-order valence-corrected chi connectivity index (χ4v) is 3.34. The van der Waals surface area contributed by atoms with Crippen molar-refractivity contribution < 1.29 is 13.5 Å². The van der Waals surface area contributed by atoms with Gasteiger partial charge in [-0.25, -0.2) is 4.39 Å². The number of ether oxygens (including phenoxy) is 1. The summed E-state index contributed by atoms with van der Waals surface area (Å²) in [6.07, 6.45) is 2.29. The maximum Gasteiger partial charge on any atom is 0.134 e. The number of nitrogens with one attached hydrogen (secondary N) is 1. The van der Waals surface area contributed by atoms with Crippen LogP contribution in [0, 0.1) is 11.7 Å². The van der Waals surface area contributed by atoms with Crippen LogP contribution in [-0.2, 0) is 4.74 Å². The van der Waals surface area contributed by atoms with Crippen LogP contribution in [0.15, 0.2) is 28.7 Å². The molecule has 0 aliphatic carbocycles. The van der Waals surface area contributed by atoms with Gasteiger partial charge < -0.3 is 14.5 Å². The summed E-state index contributed by atoms with van der Waals surface area (Å²) in [6, 6.07) is 6.73. The zero-order valence-corrected chi connectivity index (χ0v) is 12.6. The van der Waals surface area contributed by atoms with E-state index in [1.165, 1.54) is 12.1 Å². The smallest absolute Gasteiger partial charge is 0.134 e. The van der Waals surface area contributed by atoms with Crippen molar-refractivity contribution in [1.82, 2.24) is 5.32 Å². The molecule has 0 spiro atoms. The Morgan fingerprint density at radius 2 is 2.19 bits per heavy atom. The fourth-order valence-electron chi connectivity index (χ4n) is 3.34. The highest BCUT2D eigenvalue weighted by Gasteiger charge is 2.35. The van der Waals surface area contributed by atoms with Gasteiger partial charge in [-0.3, -0.25) is 0 Å². The Bertz CT molecular complexity index is 610. The van der Waals surface area contributed by atoms with Crippen molar-refractivity contribution >= 4 is 11.0 Å². The van der Waals surface area contributed by atoms with Crippen LogP contribution in [0.3, 0.4) is 0 Å². The number of rotatable bonds is 5. The molecule has 0 radical (unpaired) electrons. The Kier molecular flexibility index (Phi) is 4.27. The monoisotopic (exact) mass is 291 g/mol. The SMILES string of the molecule is CCNC(c1cc2cc(F)ccc2o1)C1CCOC1CC. The first-order valence-corrected chi connectivity index (χ1v) is 7.77. The van der Waals surface area contributed by atoms with Crippen molar-refractivity contribution in [2.75, 3.05) is 13.2 Å². The van der Waals surface area contributed by atoms with E-state index >= 15 is 0 Å². The van der Waals surface area contributed by atoms with E-state index in [1.54, 1.807) is 6.07 Å². The quantitative estimate of drug-likeness (QED) is 0.903. The summed E-state index contributed by atoms with van der Waals surface area (Å²) in [7, 11) is 0. The molecule has 1 aliphatic rings. The third-order valence-electron chi connectivity index (χ3n) is 4.32.